The van der Waals surface area contributed by atoms with Crippen molar-refractivity contribution in [3.05, 3.63) is 69.2 Å². The predicted octanol–water partition coefficient (Wildman–Crippen LogP) is 6.26. The van der Waals surface area contributed by atoms with Crippen LogP contribution in [0.15, 0.2) is 42.5 Å². The van der Waals surface area contributed by atoms with E-state index in [1.807, 2.05) is 58.0 Å². The Kier molecular flexibility index (Phi) is 10.9. The maximum atomic E-state index is 13.3. The molecule has 0 radical (unpaired) electrons. The van der Waals surface area contributed by atoms with Crippen LogP contribution < -0.4 is 5.32 Å². The molecule has 174 valence electrons. The number of nitrogens with zero attached hydrogens (tertiary/aromatic N) is 1. The van der Waals surface area contributed by atoms with Gasteiger partial charge in [0, 0.05) is 28.4 Å². The Hall–Kier alpha value is -1.69. The van der Waals surface area contributed by atoms with Crippen molar-refractivity contribution in [1.82, 2.24) is 10.2 Å². The number of hydrogen-bond acceptors (Lipinski definition) is 3. The van der Waals surface area contributed by atoms with Gasteiger partial charge in [-0.1, -0.05) is 72.9 Å². The molecule has 0 bridgehead atoms. The van der Waals surface area contributed by atoms with Crippen LogP contribution in [0.5, 0.6) is 0 Å². The summed E-state index contributed by atoms with van der Waals surface area (Å²) in [5.74, 6) is 0.688. The van der Waals surface area contributed by atoms with Gasteiger partial charge in [-0.3, -0.25) is 9.59 Å². The largest absolute Gasteiger partial charge is 0.352 e. The van der Waals surface area contributed by atoms with E-state index < -0.39 is 6.04 Å². The average molecular weight is 496 g/mol. The molecule has 0 saturated carbocycles. The maximum Gasteiger partial charge on any atom is 0.243 e. The van der Waals surface area contributed by atoms with Crippen molar-refractivity contribution in [1.29, 1.82) is 0 Å². The number of thioether (sulfide) groups is 1. The van der Waals surface area contributed by atoms with Crippen molar-refractivity contribution in [2.45, 2.75) is 64.9 Å². The standard InChI is InChI=1S/C25H32Cl2N2O2S/c1-5-18(4)28-25(31)23(6-2)29(14-19-9-7-17(3)8-10-19)24(30)16-32-15-20-11-12-21(26)13-22(20)27/h7-13,18,23H,5-6,14-16H2,1-4H3,(H,28,31)/t18-,23-/m1/s1. The molecular weight excluding hydrogens is 463 g/mol. The monoisotopic (exact) mass is 494 g/mol. The van der Waals surface area contributed by atoms with Crippen LogP contribution >= 0.6 is 35.0 Å². The van der Waals surface area contributed by atoms with Crippen LogP contribution in [0.1, 0.15) is 50.3 Å². The molecule has 0 aliphatic carbocycles. The first kappa shape index (κ1) is 26.6. The molecule has 0 aliphatic rings. The topological polar surface area (TPSA) is 49.4 Å². The average Bonchev–Trinajstić information content (AvgIpc) is 2.76. The smallest absolute Gasteiger partial charge is 0.243 e. The van der Waals surface area contributed by atoms with Gasteiger partial charge in [-0.2, -0.15) is 0 Å². The fourth-order valence-electron chi connectivity index (χ4n) is 3.22. The number of aryl methyl sites for hydroxylation is 1. The zero-order valence-corrected chi connectivity index (χ0v) is 21.5. The molecule has 0 aliphatic heterocycles. The fraction of sp³-hybridized carbons (Fsp3) is 0.440. The molecule has 7 heteroatoms. The molecule has 0 aromatic heterocycles. The number of nitrogens with one attached hydrogen (secondary N) is 1. The van der Waals surface area contributed by atoms with E-state index in [2.05, 4.69) is 5.32 Å². The first-order chi connectivity index (χ1) is 15.2. The van der Waals surface area contributed by atoms with Crippen molar-refractivity contribution < 1.29 is 9.59 Å². The predicted molar refractivity (Wildman–Crippen MR) is 136 cm³/mol. The molecule has 4 nitrogen and oxygen atoms in total. The summed E-state index contributed by atoms with van der Waals surface area (Å²) >= 11 is 13.7. The summed E-state index contributed by atoms with van der Waals surface area (Å²) in [6.45, 7) is 8.37. The third-order valence-electron chi connectivity index (χ3n) is 5.36. The summed E-state index contributed by atoms with van der Waals surface area (Å²) in [5, 5.41) is 4.21. The second-order valence-corrected chi connectivity index (χ2v) is 9.81. The van der Waals surface area contributed by atoms with Crippen LogP contribution in [0.4, 0.5) is 0 Å². The van der Waals surface area contributed by atoms with Gasteiger partial charge in [-0.05, 0) is 49.9 Å². The number of hydrogen-bond donors (Lipinski definition) is 1. The second-order valence-electron chi connectivity index (χ2n) is 7.98. The molecule has 0 spiro atoms. The lowest BCUT2D eigenvalue weighted by atomic mass is 10.1. The third-order valence-corrected chi connectivity index (χ3v) is 6.91. The molecule has 0 unspecified atom stereocenters. The number of halogens is 2. The van der Waals surface area contributed by atoms with Crippen LogP contribution in [-0.4, -0.2) is 34.6 Å². The molecule has 2 aromatic rings. The van der Waals surface area contributed by atoms with Crippen molar-refractivity contribution in [3.8, 4) is 0 Å². The number of benzene rings is 2. The molecule has 0 heterocycles. The van der Waals surface area contributed by atoms with Crippen LogP contribution in [0, 0.1) is 6.92 Å². The summed E-state index contributed by atoms with van der Waals surface area (Å²) in [5.41, 5.74) is 3.09. The number of carbonyl (C=O) groups is 2. The van der Waals surface area contributed by atoms with E-state index in [0.29, 0.717) is 28.8 Å². The molecular formula is C25H32Cl2N2O2S. The molecule has 2 atom stereocenters. The molecule has 0 saturated heterocycles. The van der Waals surface area contributed by atoms with Gasteiger partial charge in [0.25, 0.3) is 0 Å². The van der Waals surface area contributed by atoms with Crippen LogP contribution in [0.3, 0.4) is 0 Å². The summed E-state index contributed by atoms with van der Waals surface area (Å²) in [6.07, 6.45) is 1.39. The van der Waals surface area contributed by atoms with Crippen molar-refractivity contribution in [2.75, 3.05) is 5.75 Å². The first-order valence-electron chi connectivity index (χ1n) is 10.9. The van der Waals surface area contributed by atoms with Crippen LogP contribution in [0.2, 0.25) is 10.0 Å². The summed E-state index contributed by atoms with van der Waals surface area (Å²) in [7, 11) is 0. The molecule has 2 amide bonds. The lowest BCUT2D eigenvalue weighted by Crippen LogP contribution is -2.51. The van der Waals surface area contributed by atoms with Gasteiger partial charge in [-0.25, -0.2) is 0 Å². The highest BCUT2D eigenvalue weighted by molar-refractivity contribution is 7.99. The Morgan fingerprint density at radius 3 is 2.34 bits per heavy atom. The van der Waals surface area contributed by atoms with E-state index in [0.717, 1.165) is 23.1 Å². The van der Waals surface area contributed by atoms with E-state index >= 15 is 0 Å². The van der Waals surface area contributed by atoms with E-state index in [9.17, 15) is 9.59 Å². The van der Waals surface area contributed by atoms with Gasteiger partial charge in [0.2, 0.25) is 11.8 Å². The SMILES string of the molecule is CC[C@@H](C)NC(=O)[C@@H](CC)N(Cc1ccc(C)cc1)C(=O)CSCc1ccc(Cl)cc1Cl. The molecule has 32 heavy (non-hydrogen) atoms. The second kappa shape index (κ2) is 13.1. The van der Waals surface area contributed by atoms with Gasteiger partial charge in [0.05, 0.1) is 5.75 Å². The van der Waals surface area contributed by atoms with E-state index in [1.54, 1.807) is 17.0 Å². The quantitative estimate of drug-likeness (QED) is 0.401. The Morgan fingerprint density at radius 1 is 1.06 bits per heavy atom. The van der Waals surface area contributed by atoms with Gasteiger partial charge in [0.15, 0.2) is 0 Å². The number of rotatable bonds is 11. The van der Waals surface area contributed by atoms with Gasteiger partial charge in [-0.15, -0.1) is 11.8 Å². The van der Waals surface area contributed by atoms with Crippen LogP contribution in [-0.2, 0) is 21.9 Å². The highest BCUT2D eigenvalue weighted by atomic mass is 35.5. The van der Waals surface area contributed by atoms with Crippen molar-refractivity contribution >= 4 is 46.8 Å². The summed E-state index contributed by atoms with van der Waals surface area (Å²) < 4.78 is 0. The van der Waals surface area contributed by atoms with E-state index in [-0.39, 0.29) is 23.6 Å². The minimum absolute atomic E-state index is 0.0631. The van der Waals surface area contributed by atoms with Crippen molar-refractivity contribution in [3.63, 3.8) is 0 Å². The Bertz CT molecular complexity index is 905. The Labute approximate surface area is 206 Å². The lowest BCUT2D eigenvalue weighted by Gasteiger charge is -2.31. The highest BCUT2D eigenvalue weighted by Gasteiger charge is 2.29. The lowest BCUT2D eigenvalue weighted by molar-refractivity contribution is -0.139. The normalized spacial score (nSPS) is 12.8. The Morgan fingerprint density at radius 2 is 1.75 bits per heavy atom. The summed E-state index contributed by atoms with van der Waals surface area (Å²) in [4.78, 5) is 27.9. The van der Waals surface area contributed by atoms with E-state index in [4.69, 9.17) is 23.2 Å². The molecule has 1 N–H and O–H groups in total. The minimum atomic E-state index is -0.516. The van der Waals surface area contributed by atoms with E-state index in [1.165, 1.54) is 11.8 Å². The maximum absolute atomic E-state index is 13.3. The first-order valence-corrected chi connectivity index (χ1v) is 12.8. The zero-order chi connectivity index (χ0) is 23.7. The van der Waals surface area contributed by atoms with Gasteiger partial charge < -0.3 is 10.2 Å². The summed E-state index contributed by atoms with van der Waals surface area (Å²) in [6, 6.07) is 13.0. The van der Waals surface area contributed by atoms with Gasteiger partial charge >= 0.3 is 0 Å². The fourth-order valence-corrected chi connectivity index (χ4v) is 4.69. The Balaban J connectivity index is 2.14. The van der Waals surface area contributed by atoms with Gasteiger partial charge in [0.1, 0.15) is 6.04 Å². The van der Waals surface area contributed by atoms with Crippen LogP contribution in [0.25, 0.3) is 0 Å². The zero-order valence-electron chi connectivity index (χ0n) is 19.2. The number of amides is 2. The minimum Gasteiger partial charge on any atom is -0.352 e. The third kappa shape index (κ3) is 8.02. The molecule has 2 rings (SSSR count). The molecule has 0 fully saturated rings. The number of carbonyl (C=O) groups excluding carboxylic acids is 2. The highest BCUT2D eigenvalue weighted by Crippen LogP contribution is 2.25. The molecule has 2 aromatic carbocycles. The van der Waals surface area contributed by atoms with Crippen molar-refractivity contribution in [2.24, 2.45) is 0 Å².